The summed E-state index contributed by atoms with van der Waals surface area (Å²) in [7, 11) is 0. The fourth-order valence-electron chi connectivity index (χ4n) is 1.06. The van der Waals surface area contributed by atoms with Gasteiger partial charge in [-0.15, -0.1) is 0 Å². The van der Waals surface area contributed by atoms with E-state index in [4.69, 9.17) is 0 Å². The Morgan fingerprint density at radius 2 is 2.21 bits per heavy atom. The molecule has 3 nitrogen and oxygen atoms in total. The molecule has 0 saturated carbocycles. The first-order valence-electron chi connectivity index (χ1n) is 4.54. The minimum atomic E-state index is -0.0800. The van der Waals surface area contributed by atoms with E-state index in [2.05, 4.69) is 32.8 Å². The molecule has 0 aromatic carbocycles. The van der Waals surface area contributed by atoms with Crippen LogP contribution in [-0.2, 0) is 12.2 Å². The van der Waals surface area contributed by atoms with Crippen molar-refractivity contribution in [2.24, 2.45) is 0 Å². The standard InChI is InChI=1S/C9H13BrN2OS/c1-3-6-8(10)9(13)12-7(11-6)5-14-4-2/h3-5H2,1-2H3,(H,11,12,13). The molecular weight excluding hydrogens is 264 g/mol. The van der Waals surface area contributed by atoms with Crippen molar-refractivity contribution in [2.75, 3.05) is 5.75 Å². The molecule has 0 aliphatic carbocycles. The smallest absolute Gasteiger partial charge is 0.265 e. The zero-order chi connectivity index (χ0) is 10.6. The van der Waals surface area contributed by atoms with Gasteiger partial charge in [0.1, 0.15) is 10.3 Å². The summed E-state index contributed by atoms with van der Waals surface area (Å²) in [4.78, 5) is 18.5. The number of hydrogen-bond donors (Lipinski definition) is 1. The Morgan fingerprint density at radius 3 is 2.79 bits per heavy atom. The third-order valence-electron chi connectivity index (χ3n) is 1.76. The van der Waals surface area contributed by atoms with Crippen LogP contribution in [0.4, 0.5) is 0 Å². The van der Waals surface area contributed by atoms with Crippen molar-refractivity contribution in [3.8, 4) is 0 Å². The molecule has 0 amide bonds. The molecule has 0 radical (unpaired) electrons. The predicted octanol–water partition coefficient (Wildman–Crippen LogP) is 2.35. The number of aromatic nitrogens is 2. The van der Waals surface area contributed by atoms with Crippen molar-refractivity contribution < 1.29 is 0 Å². The number of halogens is 1. The molecule has 0 saturated heterocycles. The number of aryl methyl sites for hydroxylation is 1. The highest BCUT2D eigenvalue weighted by Gasteiger charge is 2.06. The number of thioether (sulfide) groups is 1. The summed E-state index contributed by atoms with van der Waals surface area (Å²) in [6.07, 6.45) is 0.772. The summed E-state index contributed by atoms with van der Waals surface area (Å²) < 4.78 is 0.560. The summed E-state index contributed by atoms with van der Waals surface area (Å²) >= 11 is 4.98. The molecule has 0 fully saturated rings. The van der Waals surface area contributed by atoms with Gasteiger partial charge in [-0.3, -0.25) is 4.79 Å². The molecule has 1 aromatic rings. The second kappa shape index (κ2) is 5.56. The van der Waals surface area contributed by atoms with Gasteiger partial charge in [-0.1, -0.05) is 13.8 Å². The van der Waals surface area contributed by atoms with Crippen LogP contribution in [0.2, 0.25) is 0 Å². The third-order valence-corrected chi connectivity index (χ3v) is 3.46. The predicted molar refractivity (Wildman–Crippen MR) is 63.8 cm³/mol. The number of nitrogens with zero attached hydrogens (tertiary/aromatic N) is 1. The summed E-state index contributed by atoms with van der Waals surface area (Å²) in [6.45, 7) is 4.08. The molecule has 14 heavy (non-hydrogen) atoms. The highest BCUT2D eigenvalue weighted by atomic mass is 79.9. The Bertz CT molecular complexity index is 364. The lowest BCUT2D eigenvalue weighted by atomic mass is 10.3. The maximum absolute atomic E-state index is 11.4. The van der Waals surface area contributed by atoms with Crippen molar-refractivity contribution in [3.05, 3.63) is 26.3 Å². The van der Waals surface area contributed by atoms with Crippen LogP contribution in [0, 0.1) is 0 Å². The molecule has 1 heterocycles. The van der Waals surface area contributed by atoms with E-state index in [1.807, 2.05) is 6.92 Å². The first kappa shape index (κ1) is 11.8. The van der Waals surface area contributed by atoms with Gasteiger partial charge in [-0.25, -0.2) is 4.98 Å². The van der Waals surface area contributed by atoms with Crippen LogP contribution in [0.1, 0.15) is 25.4 Å². The molecule has 0 unspecified atom stereocenters. The Labute approximate surface area is 95.8 Å². The van der Waals surface area contributed by atoms with Crippen molar-refractivity contribution in [3.63, 3.8) is 0 Å². The topological polar surface area (TPSA) is 45.8 Å². The third kappa shape index (κ3) is 2.85. The van der Waals surface area contributed by atoms with Crippen molar-refractivity contribution in [2.45, 2.75) is 26.0 Å². The van der Waals surface area contributed by atoms with Crippen LogP contribution >= 0.6 is 27.7 Å². The fraction of sp³-hybridized carbons (Fsp3) is 0.556. The summed E-state index contributed by atoms with van der Waals surface area (Å²) in [6, 6.07) is 0. The van der Waals surface area contributed by atoms with E-state index in [1.165, 1.54) is 0 Å². The lowest BCUT2D eigenvalue weighted by Gasteiger charge is -2.03. The summed E-state index contributed by atoms with van der Waals surface area (Å²) in [5, 5.41) is 0. The SMILES string of the molecule is CCSCc1nc(CC)c(Br)c(=O)[nH]1. The van der Waals surface area contributed by atoms with E-state index >= 15 is 0 Å². The molecule has 1 rings (SSSR count). The lowest BCUT2D eigenvalue weighted by Crippen LogP contribution is -2.14. The Kier molecular flexibility index (Phi) is 4.68. The van der Waals surface area contributed by atoms with E-state index in [0.29, 0.717) is 4.47 Å². The van der Waals surface area contributed by atoms with Crippen molar-refractivity contribution >= 4 is 27.7 Å². The second-order valence-electron chi connectivity index (χ2n) is 2.76. The molecule has 1 aromatic heterocycles. The van der Waals surface area contributed by atoms with Gasteiger partial charge in [-0.05, 0) is 28.1 Å². The molecular formula is C9H13BrN2OS. The van der Waals surface area contributed by atoms with Gasteiger partial charge in [0.25, 0.3) is 5.56 Å². The van der Waals surface area contributed by atoms with Crippen LogP contribution in [0.15, 0.2) is 9.27 Å². The Hall–Kier alpha value is -0.290. The van der Waals surface area contributed by atoms with Crippen LogP contribution in [0.25, 0.3) is 0 Å². The van der Waals surface area contributed by atoms with Crippen molar-refractivity contribution in [1.82, 2.24) is 9.97 Å². The highest BCUT2D eigenvalue weighted by molar-refractivity contribution is 9.10. The van der Waals surface area contributed by atoms with Gasteiger partial charge in [0.15, 0.2) is 0 Å². The van der Waals surface area contributed by atoms with Gasteiger partial charge in [-0.2, -0.15) is 11.8 Å². The summed E-state index contributed by atoms with van der Waals surface area (Å²) in [5.41, 5.74) is 0.754. The number of aromatic amines is 1. The molecule has 0 atom stereocenters. The molecule has 1 N–H and O–H groups in total. The number of hydrogen-bond acceptors (Lipinski definition) is 3. The number of H-pyrrole nitrogens is 1. The largest absolute Gasteiger partial charge is 0.309 e. The van der Waals surface area contributed by atoms with Crippen LogP contribution in [0.3, 0.4) is 0 Å². The molecule has 78 valence electrons. The first-order chi connectivity index (χ1) is 6.69. The maximum atomic E-state index is 11.4. The summed E-state index contributed by atoms with van der Waals surface area (Å²) in [5.74, 6) is 2.56. The zero-order valence-electron chi connectivity index (χ0n) is 8.26. The monoisotopic (exact) mass is 276 g/mol. The average molecular weight is 277 g/mol. The molecule has 0 bridgehead atoms. The van der Waals surface area contributed by atoms with E-state index in [9.17, 15) is 4.79 Å². The number of nitrogens with one attached hydrogen (secondary N) is 1. The molecule has 0 aliphatic heterocycles. The first-order valence-corrected chi connectivity index (χ1v) is 6.49. The van der Waals surface area contributed by atoms with Crippen molar-refractivity contribution in [1.29, 1.82) is 0 Å². The molecule has 0 spiro atoms. The lowest BCUT2D eigenvalue weighted by molar-refractivity contribution is 0.906. The Balaban J connectivity index is 2.98. The van der Waals surface area contributed by atoms with Crippen LogP contribution in [0.5, 0.6) is 0 Å². The fourth-order valence-corrected chi connectivity index (χ4v) is 2.06. The van der Waals surface area contributed by atoms with Gasteiger partial charge < -0.3 is 4.98 Å². The van der Waals surface area contributed by atoms with Gasteiger partial charge in [0.2, 0.25) is 0 Å². The highest BCUT2D eigenvalue weighted by Crippen LogP contribution is 2.12. The minimum Gasteiger partial charge on any atom is -0.309 e. The van der Waals surface area contributed by atoms with E-state index < -0.39 is 0 Å². The second-order valence-corrected chi connectivity index (χ2v) is 4.83. The number of rotatable bonds is 4. The van der Waals surface area contributed by atoms with Gasteiger partial charge >= 0.3 is 0 Å². The normalized spacial score (nSPS) is 10.5. The van der Waals surface area contributed by atoms with Crippen LogP contribution in [-0.4, -0.2) is 15.7 Å². The van der Waals surface area contributed by atoms with E-state index in [1.54, 1.807) is 11.8 Å². The average Bonchev–Trinajstić information content (AvgIpc) is 2.19. The van der Waals surface area contributed by atoms with E-state index in [0.717, 1.165) is 29.4 Å². The van der Waals surface area contributed by atoms with Crippen LogP contribution < -0.4 is 5.56 Å². The molecule has 5 heteroatoms. The van der Waals surface area contributed by atoms with Gasteiger partial charge in [0.05, 0.1) is 11.4 Å². The van der Waals surface area contributed by atoms with E-state index in [-0.39, 0.29) is 5.56 Å². The molecule has 0 aliphatic rings. The maximum Gasteiger partial charge on any atom is 0.265 e. The zero-order valence-corrected chi connectivity index (χ0v) is 10.7. The quantitative estimate of drug-likeness (QED) is 0.918. The Morgan fingerprint density at radius 1 is 1.50 bits per heavy atom. The van der Waals surface area contributed by atoms with Gasteiger partial charge in [0, 0.05) is 0 Å². The minimum absolute atomic E-state index is 0.0800.